The number of halogens is 4. The zero-order valence-corrected chi connectivity index (χ0v) is 23.4. The first kappa shape index (κ1) is 31.1. The minimum absolute atomic E-state index is 0.0466. The van der Waals surface area contributed by atoms with Gasteiger partial charge in [-0.15, -0.1) is 0 Å². The Bertz CT molecular complexity index is 1180. The van der Waals surface area contributed by atoms with Crippen molar-refractivity contribution in [1.29, 1.82) is 0 Å². The smallest absolute Gasteiger partial charge is 0.455 e. The number of hydrogen-bond donors (Lipinski definition) is 3. The van der Waals surface area contributed by atoms with Crippen LogP contribution >= 0.6 is 0 Å². The molecule has 0 bridgehead atoms. The fraction of sp³-hybridized carbons (Fsp3) is 0.556. The highest BCUT2D eigenvalue weighted by atomic mass is 32.2. The van der Waals surface area contributed by atoms with Gasteiger partial charge in [0, 0.05) is 54.8 Å². The van der Waals surface area contributed by atoms with Crippen LogP contribution in [0.25, 0.3) is 0 Å². The van der Waals surface area contributed by atoms with Crippen LogP contribution in [-0.2, 0) is 28.5 Å². The monoisotopic (exact) mass is 576 g/mol. The van der Waals surface area contributed by atoms with E-state index in [1.807, 2.05) is 18.2 Å². The number of alkyl halides is 3. The average molecular weight is 577 g/mol. The lowest BCUT2D eigenvalue weighted by Crippen LogP contribution is -2.53. The molecule has 2 aromatic rings. The van der Waals surface area contributed by atoms with Gasteiger partial charge < -0.3 is 30.4 Å². The summed E-state index contributed by atoms with van der Waals surface area (Å²) in [6, 6.07) is 7.64. The summed E-state index contributed by atoms with van der Waals surface area (Å²) in [5.74, 6) is -3.75. The summed E-state index contributed by atoms with van der Waals surface area (Å²) in [7, 11) is 1.13. The number of nitrogen functional groups attached to an aromatic ring is 1. The zero-order chi connectivity index (χ0) is 29.1. The van der Waals surface area contributed by atoms with Crippen LogP contribution in [0.5, 0.6) is 11.5 Å². The topological polar surface area (TPSA) is 103 Å². The van der Waals surface area contributed by atoms with Crippen molar-refractivity contribution in [3.63, 3.8) is 0 Å². The summed E-state index contributed by atoms with van der Waals surface area (Å²) >= 11 is 0. The van der Waals surface area contributed by atoms with Crippen molar-refractivity contribution < 1.29 is 41.1 Å². The standard InChI is InChI=1S/C27H36F4N2O5S/c1-15(2)18-7-17(8-20(11-18)36-4)12-33-22-14-39(35)13-19(25(22)34)6-16-9-21(28)24(32)23(10-16)38-26(3,37-5)27(29,30)31/h7-11,15,19,22,25,33-34H,6,12-14,32H2,1-5H3/t19-,22+,25+,26-,39-/m1/s1. The minimum atomic E-state index is -4.92. The lowest BCUT2D eigenvalue weighted by molar-refractivity contribution is -0.335. The normalized spacial score (nSPS) is 23.5. The second kappa shape index (κ2) is 12.4. The number of aliphatic hydroxyl groups is 1. The van der Waals surface area contributed by atoms with E-state index in [-0.39, 0.29) is 29.4 Å². The number of ether oxygens (including phenoxy) is 3. The van der Waals surface area contributed by atoms with Gasteiger partial charge in [0.05, 0.1) is 13.2 Å². The molecule has 1 aliphatic rings. The molecular weight excluding hydrogens is 540 g/mol. The van der Waals surface area contributed by atoms with E-state index in [1.54, 1.807) is 7.11 Å². The molecule has 0 spiro atoms. The van der Waals surface area contributed by atoms with E-state index < -0.39 is 58.1 Å². The predicted molar refractivity (Wildman–Crippen MR) is 142 cm³/mol. The Morgan fingerprint density at radius 3 is 2.41 bits per heavy atom. The van der Waals surface area contributed by atoms with E-state index in [1.165, 1.54) is 6.07 Å². The minimum Gasteiger partial charge on any atom is -0.497 e. The average Bonchev–Trinajstić information content (AvgIpc) is 2.86. The van der Waals surface area contributed by atoms with Gasteiger partial charge in [-0.25, -0.2) is 4.39 Å². The van der Waals surface area contributed by atoms with Crippen molar-refractivity contribution in [2.75, 3.05) is 31.5 Å². The Morgan fingerprint density at radius 1 is 1.13 bits per heavy atom. The molecule has 3 rings (SSSR count). The number of anilines is 1. The number of nitrogens with one attached hydrogen (secondary N) is 1. The van der Waals surface area contributed by atoms with Gasteiger partial charge in [-0.1, -0.05) is 19.9 Å². The molecule has 0 aromatic heterocycles. The first-order valence-corrected chi connectivity index (χ1v) is 14.0. The number of aliphatic hydroxyl groups excluding tert-OH is 1. The van der Waals surface area contributed by atoms with Gasteiger partial charge in [0.2, 0.25) is 0 Å². The van der Waals surface area contributed by atoms with E-state index in [0.29, 0.717) is 19.2 Å². The predicted octanol–water partition coefficient (Wildman–Crippen LogP) is 4.28. The van der Waals surface area contributed by atoms with Gasteiger partial charge >= 0.3 is 12.0 Å². The molecule has 0 saturated carbocycles. The third-order valence-corrected chi connectivity index (χ3v) is 8.51. The maximum Gasteiger partial charge on any atom is 0.455 e. The van der Waals surface area contributed by atoms with Crippen molar-refractivity contribution in [2.45, 2.75) is 63.8 Å². The maximum absolute atomic E-state index is 14.6. The Balaban J connectivity index is 1.78. The lowest BCUT2D eigenvalue weighted by Gasteiger charge is -2.35. The van der Waals surface area contributed by atoms with Crippen LogP contribution in [-0.4, -0.2) is 59.1 Å². The largest absolute Gasteiger partial charge is 0.497 e. The van der Waals surface area contributed by atoms with Crippen LogP contribution in [0.2, 0.25) is 0 Å². The van der Waals surface area contributed by atoms with Gasteiger partial charge in [0.25, 0.3) is 0 Å². The highest BCUT2D eigenvalue weighted by Gasteiger charge is 2.55. The molecule has 1 fully saturated rings. The van der Waals surface area contributed by atoms with Gasteiger partial charge in [-0.2, -0.15) is 13.2 Å². The van der Waals surface area contributed by atoms with Gasteiger partial charge in [0.15, 0.2) is 0 Å². The molecule has 12 heteroatoms. The summed E-state index contributed by atoms with van der Waals surface area (Å²) in [4.78, 5) is 0. The molecule has 4 N–H and O–H groups in total. The number of methoxy groups -OCH3 is 2. The number of rotatable bonds is 10. The maximum atomic E-state index is 14.6. The molecule has 1 saturated heterocycles. The Kier molecular flexibility index (Phi) is 9.90. The molecule has 0 aliphatic carbocycles. The van der Waals surface area contributed by atoms with E-state index in [4.69, 9.17) is 15.2 Å². The van der Waals surface area contributed by atoms with Crippen molar-refractivity contribution in [1.82, 2.24) is 5.32 Å². The number of nitrogens with two attached hydrogens (primary N) is 1. The lowest BCUT2D eigenvalue weighted by atomic mass is 9.91. The quantitative estimate of drug-likeness (QED) is 0.220. The third kappa shape index (κ3) is 7.41. The molecule has 7 nitrogen and oxygen atoms in total. The van der Waals surface area contributed by atoms with E-state index >= 15 is 0 Å². The van der Waals surface area contributed by atoms with Crippen LogP contribution in [0.1, 0.15) is 43.4 Å². The van der Waals surface area contributed by atoms with Crippen molar-refractivity contribution >= 4 is 16.5 Å². The molecule has 0 amide bonds. The Hall–Kier alpha value is -2.41. The van der Waals surface area contributed by atoms with Gasteiger partial charge in [-0.3, -0.25) is 4.21 Å². The molecule has 2 aromatic carbocycles. The first-order valence-electron chi connectivity index (χ1n) is 12.5. The SMILES string of the molecule is COc1cc(CN[C@H]2C[S@](=O)C[C@@H](Cc3cc(F)c(N)c(O[C@@](C)(OC)C(F)(F)F)c3)[C@@H]2O)cc(C(C)C)c1. The molecule has 1 aliphatic heterocycles. The van der Waals surface area contributed by atoms with E-state index in [9.17, 15) is 26.9 Å². The fourth-order valence-corrected chi connectivity index (χ4v) is 6.10. The summed E-state index contributed by atoms with van der Waals surface area (Å²) in [6.45, 7) is 5.19. The zero-order valence-electron chi connectivity index (χ0n) is 22.6. The number of hydrogen-bond acceptors (Lipinski definition) is 7. The molecule has 218 valence electrons. The molecule has 5 atom stereocenters. The highest BCUT2D eigenvalue weighted by molar-refractivity contribution is 7.85. The molecule has 1 heterocycles. The van der Waals surface area contributed by atoms with Crippen LogP contribution in [0, 0.1) is 11.7 Å². The van der Waals surface area contributed by atoms with Crippen LogP contribution in [0.3, 0.4) is 0 Å². The fourth-order valence-electron chi connectivity index (χ4n) is 4.46. The van der Waals surface area contributed by atoms with Gasteiger partial charge in [0.1, 0.15) is 23.0 Å². The Labute approximate surface area is 228 Å². The van der Waals surface area contributed by atoms with Gasteiger partial charge in [-0.05, 0) is 53.3 Å². The summed E-state index contributed by atoms with van der Waals surface area (Å²) in [5.41, 5.74) is 7.34. The summed E-state index contributed by atoms with van der Waals surface area (Å²) < 4.78 is 82.6. The van der Waals surface area contributed by atoms with Crippen molar-refractivity contribution in [3.8, 4) is 11.5 Å². The number of benzene rings is 2. The second-order valence-corrected chi connectivity index (χ2v) is 11.8. The van der Waals surface area contributed by atoms with E-state index in [0.717, 1.165) is 24.3 Å². The summed E-state index contributed by atoms with van der Waals surface area (Å²) in [5, 5.41) is 14.4. The van der Waals surface area contributed by atoms with Crippen LogP contribution in [0.4, 0.5) is 23.2 Å². The molecule has 0 unspecified atom stereocenters. The first-order chi connectivity index (χ1) is 18.2. The van der Waals surface area contributed by atoms with Crippen LogP contribution in [0.15, 0.2) is 30.3 Å². The molecule has 39 heavy (non-hydrogen) atoms. The van der Waals surface area contributed by atoms with E-state index in [2.05, 4.69) is 23.9 Å². The highest BCUT2D eigenvalue weighted by Crippen LogP contribution is 2.38. The molecule has 0 radical (unpaired) electrons. The third-order valence-electron chi connectivity index (χ3n) is 6.98. The second-order valence-electron chi connectivity index (χ2n) is 10.2. The van der Waals surface area contributed by atoms with Crippen LogP contribution < -0.4 is 20.5 Å². The van der Waals surface area contributed by atoms with Crippen molar-refractivity contribution in [2.24, 2.45) is 5.92 Å². The van der Waals surface area contributed by atoms with Crippen molar-refractivity contribution in [3.05, 3.63) is 52.8 Å². The Morgan fingerprint density at radius 2 is 1.82 bits per heavy atom. The summed E-state index contributed by atoms with van der Waals surface area (Å²) in [6.07, 6.45) is -5.82. The molecular formula is C27H36F4N2O5S.